The number of carbonyl (C=O) groups is 1. The smallest absolute Gasteiger partial charge is 0.279 e. The molecule has 1 saturated heterocycles. The SMILES string of the molecule is CC(C)NS(=O)(=O)N1CCN(C(=O)CCc2ccc(F)cc2)CC1. The predicted molar refractivity (Wildman–Crippen MR) is 90.1 cm³/mol. The lowest BCUT2D eigenvalue weighted by Gasteiger charge is -2.34. The van der Waals surface area contributed by atoms with Gasteiger partial charge >= 0.3 is 0 Å². The Labute approximate surface area is 142 Å². The molecule has 0 saturated carbocycles. The van der Waals surface area contributed by atoms with E-state index >= 15 is 0 Å². The molecule has 1 amide bonds. The van der Waals surface area contributed by atoms with Gasteiger partial charge < -0.3 is 4.90 Å². The van der Waals surface area contributed by atoms with Crippen LogP contribution in [0.3, 0.4) is 0 Å². The molecule has 0 atom stereocenters. The number of halogens is 1. The number of carbonyl (C=O) groups excluding carboxylic acids is 1. The molecule has 1 fully saturated rings. The lowest BCUT2D eigenvalue weighted by Crippen LogP contribution is -2.54. The summed E-state index contributed by atoms with van der Waals surface area (Å²) in [6.45, 7) is 4.91. The van der Waals surface area contributed by atoms with Crippen molar-refractivity contribution in [3.8, 4) is 0 Å². The zero-order chi connectivity index (χ0) is 17.7. The molecule has 0 aliphatic carbocycles. The van der Waals surface area contributed by atoms with E-state index in [4.69, 9.17) is 0 Å². The first kappa shape index (κ1) is 18.8. The van der Waals surface area contributed by atoms with Crippen LogP contribution in [0.1, 0.15) is 25.8 Å². The second kappa shape index (κ2) is 8.04. The molecule has 0 spiro atoms. The van der Waals surface area contributed by atoms with E-state index in [-0.39, 0.29) is 17.8 Å². The molecule has 24 heavy (non-hydrogen) atoms. The van der Waals surface area contributed by atoms with Crippen molar-refractivity contribution in [2.45, 2.75) is 32.7 Å². The molecule has 0 bridgehead atoms. The van der Waals surface area contributed by atoms with Crippen LogP contribution in [-0.2, 0) is 21.4 Å². The minimum atomic E-state index is -3.48. The van der Waals surface area contributed by atoms with Crippen molar-refractivity contribution < 1.29 is 17.6 Å². The summed E-state index contributed by atoms with van der Waals surface area (Å²) in [7, 11) is -3.48. The lowest BCUT2D eigenvalue weighted by molar-refractivity contribution is -0.132. The summed E-state index contributed by atoms with van der Waals surface area (Å²) in [6.07, 6.45) is 0.884. The summed E-state index contributed by atoms with van der Waals surface area (Å²) in [5, 5.41) is 0. The molecule has 8 heteroatoms. The van der Waals surface area contributed by atoms with E-state index in [9.17, 15) is 17.6 Å². The molecule has 2 rings (SSSR count). The highest BCUT2D eigenvalue weighted by Gasteiger charge is 2.28. The van der Waals surface area contributed by atoms with Crippen LogP contribution in [0, 0.1) is 5.82 Å². The Morgan fingerprint density at radius 1 is 1.17 bits per heavy atom. The standard InChI is InChI=1S/C16H24FN3O3S/c1-13(2)18-24(22,23)20-11-9-19(10-12-20)16(21)8-5-14-3-6-15(17)7-4-14/h3-4,6-7,13,18H,5,8-12H2,1-2H3. The molecular formula is C16H24FN3O3S. The van der Waals surface area contributed by atoms with Crippen molar-refractivity contribution in [3.63, 3.8) is 0 Å². The highest BCUT2D eigenvalue weighted by atomic mass is 32.2. The highest BCUT2D eigenvalue weighted by Crippen LogP contribution is 2.11. The van der Waals surface area contributed by atoms with Gasteiger partial charge in [-0.1, -0.05) is 12.1 Å². The van der Waals surface area contributed by atoms with Gasteiger partial charge in [-0.25, -0.2) is 4.39 Å². The number of piperazine rings is 1. The number of amides is 1. The summed E-state index contributed by atoms with van der Waals surface area (Å²) >= 11 is 0. The Kier molecular flexibility index (Phi) is 6.31. The van der Waals surface area contributed by atoms with Crippen LogP contribution in [0.5, 0.6) is 0 Å². The van der Waals surface area contributed by atoms with Gasteiger partial charge in [0.1, 0.15) is 5.82 Å². The zero-order valence-corrected chi connectivity index (χ0v) is 14.9. The van der Waals surface area contributed by atoms with Crippen LogP contribution in [0.4, 0.5) is 4.39 Å². The fourth-order valence-electron chi connectivity index (χ4n) is 2.61. The Morgan fingerprint density at radius 2 is 1.75 bits per heavy atom. The van der Waals surface area contributed by atoms with Gasteiger partial charge in [0.15, 0.2) is 0 Å². The van der Waals surface area contributed by atoms with Crippen LogP contribution in [-0.4, -0.2) is 55.8 Å². The first-order chi connectivity index (χ1) is 11.3. The third-order valence-electron chi connectivity index (χ3n) is 3.86. The van der Waals surface area contributed by atoms with Gasteiger partial charge in [0.05, 0.1) is 0 Å². The molecule has 1 heterocycles. The number of rotatable bonds is 6. The number of hydrogen-bond acceptors (Lipinski definition) is 3. The van der Waals surface area contributed by atoms with E-state index in [2.05, 4.69) is 4.72 Å². The Bertz CT molecular complexity index is 654. The van der Waals surface area contributed by atoms with Crippen molar-refractivity contribution in [2.75, 3.05) is 26.2 Å². The van der Waals surface area contributed by atoms with Crippen LogP contribution >= 0.6 is 0 Å². The maximum atomic E-state index is 12.9. The van der Waals surface area contributed by atoms with Crippen molar-refractivity contribution >= 4 is 16.1 Å². The Balaban J connectivity index is 1.81. The molecule has 0 aromatic heterocycles. The van der Waals surface area contributed by atoms with Crippen LogP contribution < -0.4 is 4.72 Å². The van der Waals surface area contributed by atoms with Gasteiger partial charge in [-0.05, 0) is 38.0 Å². The van der Waals surface area contributed by atoms with Gasteiger partial charge in [0, 0.05) is 38.6 Å². The van der Waals surface area contributed by atoms with E-state index in [1.165, 1.54) is 16.4 Å². The maximum Gasteiger partial charge on any atom is 0.279 e. The molecule has 1 aromatic rings. The molecule has 1 aliphatic heterocycles. The maximum absolute atomic E-state index is 12.9. The summed E-state index contributed by atoms with van der Waals surface area (Å²) in [6, 6.07) is 5.94. The van der Waals surface area contributed by atoms with Crippen LogP contribution in [0.2, 0.25) is 0 Å². The Hall–Kier alpha value is -1.51. The second-order valence-corrected chi connectivity index (χ2v) is 7.89. The van der Waals surface area contributed by atoms with E-state index in [1.54, 1.807) is 30.9 Å². The summed E-state index contributed by atoms with van der Waals surface area (Å²) in [4.78, 5) is 13.9. The third kappa shape index (κ3) is 5.25. The van der Waals surface area contributed by atoms with Gasteiger partial charge in [-0.2, -0.15) is 17.4 Å². The lowest BCUT2D eigenvalue weighted by atomic mass is 10.1. The molecule has 1 N–H and O–H groups in total. The zero-order valence-electron chi connectivity index (χ0n) is 14.0. The minimum Gasteiger partial charge on any atom is -0.340 e. The minimum absolute atomic E-state index is 0.00630. The number of nitrogens with one attached hydrogen (secondary N) is 1. The average molecular weight is 357 g/mol. The first-order valence-electron chi connectivity index (χ1n) is 8.07. The van der Waals surface area contributed by atoms with E-state index in [0.717, 1.165) is 5.56 Å². The van der Waals surface area contributed by atoms with Gasteiger partial charge in [0.25, 0.3) is 10.2 Å². The average Bonchev–Trinajstić information content (AvgIpc) is 2.53. The molecule has 1 aromatic carbocycles. The second-order valence-electron chi connectivity index (χ2n) is 6.18. The third-order valence-corrected chi connectivity index (χ3v) is 5.67. The molecule has 134 valence electrons. The fourth-order valence-corrected chi connectivity index (χ4v) is 4.00. The number of benzene rings is 1. The van der Waals surface area contributed by atoms with Crippen molar-refractivity contribution in [2.24, 2.45) is 0 Å². The molecule has 6 nitrogen and oxygen atoms in total. The van der Waals surface area contributed by atoms with E-state index < -0.39 is 10.2 Å². The predicted octanol–water partition coefficient (Wildman–Crippen LogP) is 1.15. The quantitative estimate of drug-likeness (QED) is 0.830. The van der Waals surface area contributed by atoms with Gasteiger partial charge in [0.2, 0.25) is 5.91 Å². The highest BCUT2D eigenvalue weighted by molar-refractivity contribution is 7.87. The summed E-state index contributed by atoms with van der Waals surface area (Å²) in [5.74, 6) is -0.300. The fraction of sp³-hybridized carbons (Fsp3) is 0.562. The monoisotopic (exact) mass is 357 g/mol. The number of nitrogens with zero attached hydrogens (tertiary/aromatic N) is 2. The molecule has 0 radical (unpaired) electrons. The number of aryl methyl sites for hydroxylation is 1. The topological polar surface area (TPSA) is 69.7 Å². The van der Waals surface area contributed by atoms with E-state index in [1.807, 2.05) is 0 Å². The van der Waals surface area contributed by atoms with E-state index in [0.29, 0.717) is 39.0 Å². The largest absolute Gasteiger partial charge is 0.340 e. The first-order valence-corrected chi connectivity index (χ1v) is 9.51. The van der Waals surface area contributed by atoms with Gasteiger partial charge in [-0.15, -0.1) is 0 Å². The summed E-state index contributed by atoms with van der Waals surface area (Å²) in [5.41, 5.74) is 0.909. The van der Waals surface area contributed by atoms with Crippen molar-refractivity contribution in [1.29, 1.82) is 0 Å². The van der Waals surface area contributed by atoms with Gasteiger partial charge in [-0.3, -0.25) is 4.79 Å². The number of hydrogen-bond donors (Lipinski definition) is 1. The molecule has 0 unspecified atom stereocenters. The molecule has 1 aliphatic rings. The van der Waals surface area contributed by atoms with Crippen molar-refractivity contribution in [1.82, 2.24) is 13.9 Å². The summed E-state index contributed by atoms with van der Waals surface area (Å²) < 4.78 is 41.0. The Morgan fingerprint density at radius 3 is 2.29 bits per heavy atom. The molecular weight excluding hydrogens is 333 g/mol. The van der Waals surface area contributed by atoms with Crippen LogP contribution in [0.15, 0.2) is 24.3 Å². The van der Waals surface area contributed by atoms with Crippen LogP contribution in [0.25, 0.3) is 0 Å². The van der Waals surface area contributed by atoms with Crippen molar-refractivity contribution in [3.05, 3.63) is 35.6 Å². The normalized spacial score (nSPS) is 16.6.